The van der Waals surface area contributed by atoms with Gasteiger partial charge in [-0.15, -0.1) is 0 Å². The number of carbonyl (C=O) groups excluding carboxylic acids is 1. The number of hydrogen-bond acceptors (Lipinski definition) is 6. The van der Waals surface area contributed by atoms with E-state index < -0.39 is 17.0 Å². The number of carbonyl (C=O) groups is 1. The van der Waals surface area contributed by atoms with Crippen molar-refractivity contribution in [3.8, 4) is 34.1 Å². The molecule has 0 unspecified atom stereocenters. The average Bonchev–Trinajstić information content (AvgIpc) is 3.37. The first-order valence-corrected chi connectivity index (χ1v) is 17.8. The molecule has 0 bridgehead atoms. The summed E-state index contributed by atoms with van der Waals surface area (Å²) in [6, 6.07) is 20.1. The molecule has 1 spiro atoms. The van der Waals surface area contributed by atoms with Crippen LogP contribution in [0.1, 0.15) is 70.9 Å². The van der Waals surface area contributed by atoms with Crippen molar-refractivity contribution in [2.24, 2.45) is 0 Å². The van der Waals surface area contributed by atoms with Gasteiger partial charge in [-0.1, -0.05) is 46.2 Å². The first-order valence-electron chi connectivity index (χ1n) is 17.8. The molecule has 3 aliphatic rings. The van der Waals surface area contributed by atoms with Crippen molar-refractivity contribution in [2.45, 2.75) is 77.9 Å². The van der Waals surface area contributed by atoms with Crippen molar-refractivity contribution in [1.82, 2.24) is 4.90 Å². The topological polar surface area (TPSA) is 77.3 Å². The lowest BCUT2D eigenvalue weighted by Gasteiger charge is -2.37. The summed E-state index contributed by atoms with van der Waals surface area (Å²) in [5.41, 5.74) is 10.2. The quantitative estimate of drug-likeness (QED) is 0.186. The Morgan fingerprint density at radius 2 is 1.54 bits per heavy atom. The second-order valence-corrected chi connectivity index (χ2v) is 12.6. The molecule has 0 atom stereocenters. The minimum Gasteiger partial charge on any atom is -0.497 e. The largest absolute Gasteiger partial charge is 0.497 e. The number of likely N-dealkylation sites (tertiary alicyclic amines) is 1. The highest BCUT2D eigenvalue weighted by atomic mass is 19.1. The number of halogens is 2. The Kier molecular flexibility index (Phi) is 11.7. The summed E-state index contributed by atoms with van der Waals surface area (Å²) in [6.45, 7) is 10.2. The lowest BCUT2D eigenvalue weighted by Crippen LogP contribution is -2.44. The minimum atomic E-state index is -0.809. The van der Waals surface area contributed by atoms with Crippen LogP contribution in [0.25, 0.3) is 11.1 Å². The van der Waals surface area contributed by atoms with Crippen molar-refractivity contribution < 1.29 is 27.8 Å². The van der Waals surface area contributed by atoms with Gasteiger partial charge in [0, 0.05) is 30.4 Å². The van der Waals surface area contributed by atoms with E-state index in [9.17, 15) is 13.6 Å². The van der Waals surface area contributed by atoms with Gasteiger partial charge in [-0.2, -0.15) is 0 Å². The first kappa shape index (κ1) is 36.6. The number of anilines is 2. The molecule has 7 nitrogen and oxygen atoms in total. The molecule has 2 heterocycles. The Bertz CT molecular complexity index is 1780. The van der Waals surface area contributed by atoms with Gasteiger partial charge < -0.3 is 29.7 Å². The van der Waals surface area contributed by atoms with E-state index in [1.807, 2.05) is 69.0 Å². The molecule has 50 heavy (non-hydrogen) atoms. The summed E-state index contributed by atoms with van der Waals surface area (Å²) >= 11 is 0. The van der Waals surface area contributed by atoms with Gasteiger partial charge in [-0.3, -0.25) is 4.79 Å². The fourth-order valence-electron chi connectivity index (χ4n) is 6.87. The van der Waals surface area contributed by atoms with Crippen molar-refractivity contribution >= 4 is 17.3 Å². The highest BCUT2D eigenvalue weighted by Crippen LogP contribution is 2.58. The molecule has 0 aromatic heterocycles. The summed E-state index contributed by atoms with van der Waals surface area (Å²) in [5, 5.41) is 0. The van der Waals surface area contributed by atoms with Crippen LogP contribution < -0.4 is 24.8 Å². The number of piperidine rings is 1. The highest BCUT2D eigenvalue weighted by Gasteiger charge is 2.55. The molecule has 9 heteroatoms. The summed E-state index contributed by atoms with van der Waals surface area (Å²) in [4.78, 5) is 18.5. The third kappa shape index (κ3) is 7.29. The smallest absolute Gasteiger partial charge is 0.238 e. The highest BCUT2D eigenvalue weighted by molar-refractivity contribution is 6.10. The third-order valence-electron chi connectivity index (χ3n) is 9.61. The Balaban J connectivity index is 0.00000117. The van der Waals surface area contributed by atoms with Crippen molar-refractivity contribution in [2.75, 3.05) is 37.9 Å². The number of fused-ring (bicyclic) bond motifs is 2. The van der Waals surface area contributed by atoms with E-state index >= 15 is 0 Å². The Morgan fingerprint density at radius 3 is 2.16 bits per heavy atom. The van der Waals surface area contributed by atoms with Gasteiger partial charge in [0.05, 0.1) is 24.8 Å². The van der Waals surface area contributed by atoms with E-state index in [0.29, 0.717) is 29.3 Å². The van der Waals surface area contributed by atoms with Crippen LogP contribution in [0.15, 0.2) is 72.8 Å². The molecular formula is C41H49F2N3O4. The van der Waals surface area contributed by atoms with Gasteiger partial charge in [-0.25, -0.2) is 8.78 Å². The summed E-state index contributed by atoms with van der Waals surface area (Å²) in [7, 11) is 3.74. The number of nitrogens with two attached hydrogens (primary N) is 1. The molecule has 1 amide bonds. The van der Waals surface area contributed by atoms with Crippen molar-refractivity contribution in [3.63, 3.8) is 0 Å². The van der Waals surface area contributed by atoms with Crippen LogP contribution in [0.4, 0.5) is 20.2 Å². The van der Waals surface area contributed by atoms with Crippen LogP contribution >= 0.6 is 0 Å². The Hall–Kier alpha value is -4.63. The summed E-state index contributed by atoms with van der Waals surface area (Å²) in [5.74, 6) is 0.215. The average molecular weight is 686 g/mol. The zero-order valence-electron chi connectivity index (χ0n) is 30.0. The van der Waals surface area contributed by atoms with Crippen LogP contribution in [0, 0.1) is 11.6 Å². The van der Waals surface area contributed by atoms with E-state index in [-0.39, 0.29) is 17.8 Å². The molecule has 4 aromatic carbocycles. The number of benzene rings is 4. The normalized spacial score (nSPS) is 16.4. The van der Waals surface area contributed by atoms with E-state index in [2.05, 4.69) is 11.9 Å². The maximum atomic E-state index is 14.7. The monoisotopic (exact) mass is 685 g/mol. The van der Waals surface area contributed by atoms with Gasteiger partial charge >= 0.3 is 0 Å². The number of methoxy groups -OCH3 is 1. The maximum absolute atomic E-state index is 14.7. The van der Waals surface area contributed by atoms with Crippen LogP contribution in [0.3, 0.4) is 0 Å². The first-order chi connectivity index (χ1) is 24.2. The standard InChI is InChI=1S/C37H37F2N3O4.2C2H6/c1-41-16-12-28(13-17-41)45-34-19-24(29-21-26(40)7-11-32(29)46-33-10-6-25(38)20-31(33)39)18-30-35(34)42(36(43)37(30)14-3-15-37)22-23-4-8-27(44-2)9-5-23;2*1-2/h4-11,18-21,28H,3,12-17,22,40H2,1-2H3;2*1-2H3. The fourth-order valence-corrected chi connectivity index (χ4v) is 6.87. The molecule has 2 aliphatic heterocycles. The predicted octanol–water partition coefficient (Wildman–Crippen LogP) is 9.51. The summed E-state index contributed by atoms with van der Waals surface area (Å²) < 4.78 is 46.5. The molecule has 266 valence electrons. The number of ether oxygens (including phenoxy) is 3. The predicted molar refractivity (Wildman–Crippen MR) is 196 cm³/mol. The van der Waals surface area contributed by atoms with Crippen molar-refractivity contribution in [1.29, 1.82) is 0 Å². The molecular weight excluding hydrogens is 636 g/mol. The third-order valence-corrected chi connectivity index (χ3v) is 9.61. The number of nitrogens with zero attached hydrogens (tertiary/aromatic N) is 2. The zero-order chi connectivity index (χ0) is 36.0. The molecule has 1 aliphatic carbocycles. The molecule has 4 aromatic rings. The molecule has 0 radical (unpaired) electrons. The summed E-state index contributed by atoms with van der Waals surface area (Å²) in [6.07, 6.45) is 4.16. The molecule has 7 rings (SSSR count). The van der Waals surface area contributed by atoms with E-state index in [4.69, 9.17) is 19.9 Å². The van der Waals surface area contributed by atoms with Gasteiger partial charge in [-0.05, 0) is 104 Å². The number of rotatable bonds is 8. The van der Waals surface area contributed by atoms with Crippen LogP contribution in [0.2, 0.25) is 0 Å². The van der Waals surface area contributed by atoms with Gasteiger partial charge in [0.1, 0.15) is 29.2 Å². The van der Waals surface area contributed by atoms with Gasteiger partial charge in [0.15, 0.2) is 11.6 Å². The fraction of sp³-hybridized carbons (Fsp3) is 0.390. The van der Waals surface area contributed by atoms with E-state index in [1.165, 1.54) is 6.07 Å². The lowest BCUT2D eigenvalue weighted by atomic mass is 9.65. The second-order valence-electron chi connectivity index (χ2n) is 12.6. The van der Waals surface area contributed by atoms with E-state index in [1.54, 1.807) is 25.3 Å². The lowest BCUT2D eigenvalue weighted by molar-refractivity contribution is -0.126. The maximum Gasteiger partial charge on any atom is 0.238 e. The van der Waals surface area contributed by atoms with Crippen LogP contribution in [0.5, 0.6) is 23.0 Å². The number of nitrogen functional groups attached to an aromatic ring is 1. The SMILES string of the molecule is CC.CC.COc1ccc(CN2C(=O)C3(CCC3)c3cc(-c4cc(N)ccc4Oc4ccc(F)cc4F)cc(OC4CCN(C)CC4)c32)cc1. The number of amides is 1. The van der Waals surface area contributed by atoms with Crippen LogP contribution in [-0.2, 0) is 16.8 Å². The Labute approximate surface area is 294 Å². The van der Waals surface area contributed by atoms with E-state index in [0.717, 1.165) is 85.5 Å². The van der Waals surface area contributed by atoms with Gasteiger partial charge in [0.25, 0.3) is 0 Å². The molecule has 1 saturated heterocycles. The number of hydrogen-bond donors (Lipinski definition) is 1. The molecule has 2 N–H and O–H groups in total. The van der Waals surface area contributed by atoms with Gasteiger partial charge in [0.2, 0.25) is 5.91 Å². The van der Waals surface area contributed by atoms with Crippen molar-refractivity contribution in [3.05, 3.63) is 95.6 Å². The second kappa shape index (κ2) is 15.9. The molecule has 1 saturated carbocycles. The molecule has 2 fully saturated rings. The minimum absolute atomic E-state index is 0.0173. The van der Waals surface area contributed by atoms with Crippen LogP contribution in [-0.4, -0.2) is 44.2 Å². The Morgan fingerprint density at radius 1 is 0.860 bits per heavy atom. The zero-order valence-corrected chi connectivity index (χ0v) is 30.0.